The van der Waals surface area contributed by atoms with Crippen LogP contribution in [0.1, 0.15) is 31.4 Å². The van der Waals surface area contributed by atoms with Crippen LogP contribution in [0.3, 0.4) is 0 Å². The first kappa shape index (κ1) is 12.0. The molecule has 16 heavy (non-hydrogen) atoms. The molecule has 1 aromatic rings. The maximum atomic E-state index is 10.0. The number of hydrogen-bond acceptors (Lipinski definition) is 2. The molecule has 2 nitrogen and oxygen atoms in total. The summed E-state index contributed by atoms with van der Waals surface area (Å²) < 4.78 is 5.33. The van der Waals surface area contributed by atoms with Gasteiger partial charge in [0, 0.05) is 11.6 Å². The molecule has 88 valence electrons. The Balaban J connectivity index is 2.29. The molecule has 1 atom stereocenters. The van der Waals surface area contributed by atoms with Gasteiger partial charge in [-0.05, 0) is 31.7 Å². The van der Waals surface area contributed by atoms with Gasteiger partial charge in [0.1, 0.15) is 5.75 Å². The molecule has 2 rings (SSSR count). The molecular weight excluding hydrogens is 247 g/mol. The van der Waals surface area contributed by atoms with Gasteiger partial charge in [0.15, 0.2) is 0 Å². The molecule has 0 amide bonds. The number of rotatable bonds is 4. The van der Waals surface area contributed by atoms with Gasteiger partial charge < -0.3 is 9.84 Å². The van der Waals surface area contributed by atoms with E-state index in [1.807, 2.05) is 6.92 Å². The van der Waals surface area contributed by atoms with E-state index in [4.69, 9.17) is 27.9 Å². The minimum absolute atomic E-state index is 0.339. The van der Waals surface area contributed by atoms with Crippen molar-refractivity contribution in [3.8, 4) is 5.75 Å². The van der Waals surface area contributed by atoms with Crippen LogP contribution in [-0.2, 0) is 0 Å². The maximum Gasteiger partial charge on any atom is 0.139 e. The van der Waals surface area contributed by atoms with Crippen molar-refractivity contribution in [2.45, 2.75) is 25.9 Å². The monoisotopic (exact) mass is 260 g/mol. The van der Waals surface area contributed by atoms with E-state index in [-0.39, 0.29) is 0 Å². The number of ether oxygens (including phenoxy) is 1. The molecule has 0 heterocycles. The van der Waals surface area contributed by atoms with Gasteiger partial charge in [-0.2, -0.15) is 0 Å². The zero-order valence-corrected chi connectivity index (χ0v) is 10.6. The lowest BCUT2D eigenvalue weighted by atomic mass is 10.1. The highest BCUT2D eigenvalue weighted by Crippen LogP contribution is 2.44. The molecule has 0 bridgehead atoms. The third-order valence-electron chi connectivity index (χ3n) is 2.74. The summed E-state index contributed by atoms with van der Waals surface area (Å²) in [4.78, 5) is 0. The molecule has 1 saturated carbocycles. The summed E-state index contributed by atoms with van der Waals surface area (Å²) in [5, 5.41) is 11.0. The van der Waals surface area contributed by atoms with Crippen LogP contribution < -0.4 is 4.74 Å². The second-order valence-electron chi connectivity index (χ2n) is 4.02. The van der Waals surface area contributed by atoms with Crippen molar-refractivity contribution in [3.63, 3.8) is 0 Å². The molecule has 4 heteroatoms. The van der Waals surface area contributed by atoms with Crippen molar-refractivity contribution in [3.05, 3.63) is 27.7 Å². The number of aliphatic hydroxyl groups is 1. The Morgan fingerprint density at radius 2 is 2.06 bits per heavy atom. The van der Waals surface area contributed by atoms with Crippen molar-refractivity contribution >= 4 is 23.2 Å². The summed E-state index contributed by atoms with van der Waals surface area (Å²) >= 11 is 12.2. The van der Waals surface area contributed by atoms with Crippen LogP contribution in [0.25, 0.3) is 0 Å². The maximum absolute atomic E-state index is 10.0. The zero-order chi connectivity index (χ0) is 11.7. The van der Waals surface area contributed by atoms with Crippen LogP contribution in [0.2, 0.25) is 10.0 Å². The van der Waals surface area contributed by atoms with Crippen molar-refractivity contribution in [1.29, 1.82) is 0 Å². The fourth-order valence-electron chi connectivity index (χ4n) is 1.70. The molecule has 1 N–H and O–H groups in total. The first-order valence-corrected chi connectivity index (χ1v) is 6.19. The average Bonchev–Trinajstić information content (AvgIpc) is 3.06. The smallest absolute Gasteiger partial charge is 0.139 e. The molecule has 0 aromatic heterocycles. The predicted molar refractivity (Wildman–Crippen MR) is 65.3 cm³/mol. The summed E-state index contributed by atoms with van der Waals surface area (Å²) in [6.07, 6.45) is 1.62. The van der Waals surface area contributed by atoms with E-state index in [0.29, 0.717) is 33.9 Å². The van der Waals surface area contributed by atoms with E-state index in [2.05, 4.69) is 0 Å². The summed E-state index contributed by atoms with van der Waals surface area (Å²) in [5.41, 5.74) is 0.706. The van der Waals surface area contributed by atoms with Crippen LogP contribution in [0.15, 0.2) is 12.1 Å². The molecule has 0 radical (unpaired) electrons. The first-order valence-electron chi connectivity index (χ1n) is 5.43. The van der Waals surface area contributed by atoms with E-state index in [9.17, 15) is 5.11 Å². The summed E-state index contributed by atoms with van der Waals surface area (Å²) in [5.74, 6) is 0.910. The predicted octanol–water partition coefficient (Wildman–Crippen LogP) is 3.84. The second kappa shape index (κ2) is 4.82. The fraction of sp³-hybridized carbons (Fsp3) is 0.500. The van der Waals surface area contributed by atoms with Crippen molar-refractivity contribution in [2.75, 3.05) is 6.61 Å². The minimum Gasteiger partial charge on any atom is -0.492 e. The minimum atomic E-state index is -0.499. The van der Waals surface area contributed by atoms with Gasteiger partial charge >= 0.3 is 0 Å². The van der Waals surface area contributed by atoms with Gasteiger partial charge in [0.25, 0.3) is 0 Å². The second-order valence-corrected chi connectivity index (χ2v) is 4.83. The molecule has 0 aliphatic heterocycles. The number of hydrogen-bond donors (Lipinski definition) is 1. The van der Waals surface area contributed by atoms with Crippen LogP contribution in [0.4, 0.5) is 0 Å². The molecule has 1 aliphatic carbocycles. The lowest BCUT2D eigenvalue weighted by Gasteiger charge is -2.14. The van der Waals surface area contributed by atoms with Gasteiger partial charge in [-0.25, -0.2) is 0 Å². The van der Waals surface area contributed by atoms with E-state index in [1.54, 1.807) is 12.1 Å². The Morgan fingerprint density at radius 3 is 2.62 bits per heavy atom. The zero-order valence-electron chi connectivity index (χ0n) is 9.04. The van der Waals surface area contributed by atoms with Gasteiger partial charge in [0.05, 0.1) is 22.8 Å². The Labute approximate surface area is 105 Å². The van der Waals surface area contributed by atoms with Crippen molar-refractivity contribution < 1.29 is 9.84 Å². The molecule has 1 aliphatic rings. The molecule has 1 aromatic carbocycles. The van der Waals surface area contributed by atoms with E-state index in [1.165, 1.54) is 0 Å². The van der Waals surface area contributed by atoms with Crippen LogP contribution in [0.5, 0.6) is 5.75 Å². The standard InChI is InChI=1S/C12H14Cl2O2/c1-2-16-11-6-9(13)8(5-10(11)14)12(15)7-3-4-7/h5-7,12,15H,2-4H2,1H3. The quantitative estimate of drug-likeness (QED) is 0.892. The van der Waals surface area contributed by atoms with Crippen LogP contribution >= 0.6 is 23.2 Å². The third kappa shape index (κ3) is 2.45. The Morgan fingerprint density at radius 1 is 1.38 bits per heavy atom. The fourth-order valence-corrected chi connectivity index (χ4v) is 2.19. The molecule has 1 unspecified atom stereocenters. The summed E-state index contributed by atoms with van der Waals surface area (Å²) in [7, 11) is 0. The van der Waals surface area contributed by atoms with E-state index >= 15 is 0 Å². The van der Waals surface area contributed by atoms with Crippen molar-refractivity contribution in [2.24, 2.45) is 5.92 Å². The number of halogens is 2. The topological polar surface area (TPSA) is 29.5 Å². The third-order valence-corrected chi connectivity index (χ3v) is 3.36. The molecule has 0 spiro atoms. The highest BCUT2D eigenvalue weighted by atomic mass is 35.5. The Kier molecular flexibility index (Phi) is 3.63. The van der Waals surface area contributed by atoms with Gasteiger partial charge in [-0.15, -0.1) is 0 Å². The van der Waals surface area contributed by atoms with Crippen LogP contribution in [0, 0.1) is 5.92 Å². The van der Waals surface area contributed by atoms with Gasteiger partial charge in [-0.3, -0.25) is 0 Å². The van der Waals surface area contributed by atoms with Crippen molar-refractivity contribution in [1.82, 2.24) is 0 Å². The highest BCUT2D eigenvalue weighted by molar-refractivity contribution is 6.34. The van der Waals surface area contributed by atoms with Gasteiger partial charge in [-0.1, -0.05) is 23.2 Å². The Hall–Kier alpha value is -0.440. The molecule has 1 fully saturated rings. The summed E-state index contributed by atoms with van der Waals surface area (Å²) in [6.45, 7) is 2.43. The largest absolute Gasteiger partial charge is 0.492 e. The number of benzene rings is 1. The lowest BCUT2D eigenvalue weighted by molar-refractivity contribution is 0.154. The number of aliphatic hydroxyl groups excluding tert-OH is 1. The van der Waals surface area contributed by atoms with Crippen LogP contribution in [-0.4, -0.2) is 11.7 Å². The van der Waals surface area contributed by atoms with E-state index in [0.717, 1.165) is 12.8 Å². The molecule has 0 saturated heterocycles. The SMILES string of the molecule is CCOc1cc(Cl)c(C(O)C2CC2)cc1Cl. The van der Waals surface area contributed by atoms with Gasteiger partial charge in [0.2, 0.25) is 0 Å². The normalized spacial score (nSPS) is 17.2. The first-order chi connectivity index (χ1) is 7.63. The summed E-state index contributed by atoms with van der Waals surface area (Å²) in [6, 6.07) is 3.38. The lowest BCUT2D eigenvalue weighted by Crippen LogP contribution is -2.01. The van der Waals surface area contributed by atoms with E-state index < -0.39 is 6.10 Å². The molecular formula is C12H14Cl2O2. The highest BCUT2D eigenvalue weighted by Gasteiger charge is 2.32. The Bertz CT molecular complexity index is 389. The average molecular weight is 261 g/mol.